The van der Waals surface area contributed by atoms with Crippen molar-refractivity contribution in [2.24, 2.45) is 0 Å². The lowest BCUT2D eigenvalue weighted by molar-refractivity contribution is 0.0284. The van der Waals surface area contributed by atoms with E-state index >= 15 is 0 Å². The molecule has 28 heavy (non-hydrogen) atoms. The molecule has 2 aliphatic rings. The molecule has 2 aromatic carbocycles. The van der Waals surface area contributed by atoms with Crippen LogP contribution in [-0.2, 0) is 0 Å². The number of hydrogen-bond acceptors (Lipinski definition) is 4. The van der Waals surface area contributed by atoms with E-state index in [4.69, 9.17) is 16.3 Å². The molecule has 1 atom stereocenters. The predicted molar refractivity (Wildman–Crippen MR) is 115 cm³/mol. The lowest BCUT2D eigenvalue weighted by Crippen LogP contribution is -2.46. The van der Waals surface area contributed by atoms with Gasteiger partial charge in [0.15, 0.2) is 0 Å². The Balaban J connectivity index is 1.63. The fourth-order valence-electron chi connectivity index (χ4n) is 3.84. The van der Waals surface area contributed by atoms with Gasteiger partial charge in [-0.2, -0.15) is 0 Å². The first kappa shape index (κ1) is 19.6. The Labute approximate surface area is 172 Å². The van der Waals surface area contributed by atoms with Crippen molar-refractivity contribution in [2.45, 2.75) is 44.2 Å². The average Bonchev–Trinajstić information content (AvgIpc) is 3.52. The molecular weight excluding hydrogens is 372 g/mol. The maximum absolute atomic E-state index is 9.96. The second-order valence-corrected chi connectivity index (χ2v) is 9.00. The van der Waals surface area contributed by atoms with Crippen molar-refractivity contribution >= 4 is 17.3 Å². The largest absolute Gasteiger partial charge is 0.491 e. The Morgan fingerprint density at radius 2 is 1.93 bits per heavy atom. The molecule has 0 unspecified atom stereocenters. The number of hydrogen-bond donors (Lipinski definition) is 2. The highest BCUT2D eigenvalue weighted by Gasteiger charge is 2.32. The van der Waals surface area contributed by atoms with Crippen molar-refractivity contribution in [3.63, 3.8) is 0 Å². The summed E-state index contributed by atoms with van der Waals surface area (Å²) in [6, 6.07) is 14.9. The van der Waals surface area contributed by atoms with E-state index in [-0.39, 0.29) is 12.6 Å². The molecule has 1 saturated carbocycles. The van der Waals surface area contributed by atoms with Gasteiger partial charge in [-0.05, 0) is 74.1 Å². The molecule has 2 fully saturated rings. The third-order valence-corrected chi connectivity index (χ3v) is 5.67. The fourth-order valence-corrected chi connectivity index (χ4v) is 3.97. The molecule has 0 amide bonds. The van der Waals surface area contributed by atoms with Crippen molar-refractivity contribution < 1.29 is 9.84 Å². The minimum absolute atomic E-state index is 0.284. The molecule has 4 nitrogen and oxygen atoms in total. The minimum Gasteiger partial charge on any atom is -0.491 e. The number of piperazine rings is 1. The summed E-state index contributed by atoms with van der Waals surface area (Å²) in [6.45, 7) is 6.68. The molecule has 1 saturated heterocycles. The van der Waals surface area contributed by atoms with Crippen LogP contribution in [0.3, 0.4) is 0 Å². The Hall–Kier alpha value is -1.75. The van der Waals surface area contributed by atoms with E-state index in [9.17, 15) is 5.11 Å². The van der Waals surface area contributed by atoms with Crippen LogP contribution in [0.1, 0.15) is 49.8 Å². The predicted octanol–water partition coefficient (Wildman–Crippen LogP) is 4.52. The Morgan fingerprint density at radius 3 is 2.61 bits per heavy atom. The molecule has 0 aromatic heterocycles. The third kappa shape index (κ3) is 4.62. The van der Waals surface area contributed by atoms with Crippen LogP contribution in [0, 0.1) is 0 Å². The zero-order valence-corrected chi connectivity index (χ0v) is 17.4. The standard InChI is InChI=1S/C23H29ClN2O2/c1-23(2,27)15-28-19-9-10-21(20(13-19)16-3-4-16)26-12-11-25-14-22(26)17-5-7-18(24)8-6-17/h5-10,13,16,22,25,27H,3-4,11-12,14-15H2,1-2H3/t22-/m0/s1. The molecule has 1 aliphatic heterocycles. The smallest absolute Gasteiger partial charge is 0.119 e. The van der Waals surface area contributed by atoms with Crippen molar-refractivity contribution in [2.75, 3.05) is 31.1 Å². The minimum atomic E-state index is -0.837. The van der Waals surface area contributed by atoms with Gasteiger partial charge in [0.05, 0.1) is 11.6 Å². The topological polar surface area (TPSA) is 44.7 Å². The first-order valence-electron chi connectivity index (χ1n) is 10.1. The van der Waals surface area contributed by atoms with E-state index in [1.54, 1.807) is 13.8 Å². The molecule has 1 aliphatic carbocycles. The van der Waals surface area contributed by atoms with Gasteiger partial charge >= 0.3 is 0 Å². The van der Waals surface area contributed by atoms with Gasteiger partial charge in [-0.3, -0.25) is 0 Å². The fraction of sp³-hybridized carbons (Fsp3) is 0.478. The second-order valence-electron chi connectivity index (χ2n) is 8.56. The number of nitrogens with one attached hydrogen (secondary N) is 1. The van der Waals surface area contributed by atoms with Crippen molar-refractivity contribution in [3.8, 4) is 5.75 Å². The highest BCUT2D eigenvalue weighted by Crippen LogP contribution is 2.47. The van der Waals surface area contributed by atoms with Gasteiger partial charge in [0.25, 0.3) is 0 Å². The number of benzene rings is 2. The molecule has 0 bridgehead atoms. The number of nitrogens with zero attached hydrogens (tertiary/aromatic N) is 1. The Morgan fingerprint density at radius 1 is 1.18 bits per heavy atom. The summed E-state index contributed by atoms with van der Waals surface area (Å²) in [5, 5.41) is 14.3. The van der Waals surface area contributed by atoms with Gasteiger partial charge < -0.3 is 20.1 Å². The van der Waals surface area contributed by atoms with Gasteiger partial charge in [0, 0.05) is 30.3 Å². The van der Waals surface area contributed by atoms with Crippen LogP contribution in [-0.4, -0.2) is 36.9 Å². The zero-order valence-electron chi connectivity index (χ0n) is 16.6. The molecule has 2 aromatic rings. The van der Waals surface area contributed by atoms with Crippen molar-refractivity contribution in [1.82, 2.24) is 5.32 Å². The van der Waals surface area contributed by atoms with Crippen LogP contribution in [0.5, 0.6) is 5.75 Å². The van der Waals surface area contributed by atoms with Gasteiger partial charge in [0.1, 0.15) is 12.4 Å². The van der Waals surface area contributed by atoms with E-state index < -0.39 is 5.60 Å². The summed E-state index contributed by atoms with van der Waals surface area (Å²) in [5.74, 6) is 1.45. The van der Waals surface area contributed by atoms with Crippen LogP contribution in [0.4, 0.5) is 5.69 Å². The van der Waals surface area contributed by atoms with Gasteiger partial charge in [-0.15, -0.1) is 0 Å². The molecule has 1 heterocycles. The van der Waals surface area contributed by atoms with Gasteiger partial charge in [-0.1, -0.05) is 23.7 Å². The summed E-state index contributed by atoms with van der Waals surface area (Å²) < 4.78 is 5.86. The number of anilines is 1. The van der Waals surface area contributed by atoms with Crippen LogP contribution >= 0.6 is 11.6 Å². The summed E-state index contributed by atoms with van der Waals surface area (Å²) in [4.78, 5) is 2.52. The first-order chi connectivity index (χ1) is 13.4. The highest BCUT2D eigenvalue weighted by atomic mass is 35.5. The SMILES string of the molecule is CC(C)(O)COc1ccc(N2CCNC[C@H]2c2ccc(Cl)cc2)c(C2CC2)c1. The zero-order chi connectivity index (χ0) is 19.7. The summed E-state index contributed by atoms with van der Waals surface area (Å²) in [5.41, 5.74) is 3.12. The summed E-state index contributed by atoms with van der Waals surface area (Å²) in [7, 11) is 0. The Kier molecular flexibility index (Phi) is 5.55. The van der Waals surface area contributed by atoms with E-state index in [1.165, 1.54) is 29.7 Å². The van der Waals surface area contributed by atoms with E-state index in [0.29, 0.717) is 5.92 Å². The maximum Gasteiger partial charge on any atom is 0.119 e. The van der Waals surface area contributed by atoms with Crippen LogP contribution in [0.15, 0.2) is 42.5 Å². The van der Waals surface area contributed by atoms with Gasteiger partial charge in [0.2, 0.25) is 0 Å². The Bertz CT molecular complexity index is 812. The highest BCUT2D eigenvalue weighted by molar-refractivity contribution is 6.30. The van der Waals surface area contributed by atoms with Crippen LogP contribution in [0.25, 0.3) is 0 Å². The molecule has 0 radical (unpaired) electrons. The molecule has 4 rings (SSSR count). The molecular formula is C23H29ClN2O2. The average molecular weight is 401 g/mol. The van der Waals surface area contributed by atoms with E-state index in [2.05, 4.69) is 34.5 Å². The van der Waals surface area contributed by atoms with Crippen LogP contribution in [0.2, 0.25) is 5.02 Å². The lowest BCUT2D eigenvalue weighted by atomic mass is 9.99. The monoisotopic (exact) mass is 400 g/mol. The summed E-state index contributed by atoms with van der Waals surface area (Å²) in [6.07, 6.45) is 2.47. The molecule has 150 valence electrons. The molecule has 5 heteroatoms. The quantitative estimate of drug-likeness (QED) is 0.748. The normalized spacial score (nSPS) is 20.3. The lowest BCUT2D eigenvalue weighted by Gasteiger charge is -2.39. The number of halogens is 1. The maximum atomic E-state index is 9.96. The summed E-state index contributed by atoms with van der Waals surface area (Å²) >= 11 is 6.10. The third-order valence-electron chi connectivity index (χ3n) is 5.42. The molecule has 2 N–H and O–H groups in total. The molecule has 0 spiro atoms. The first-order valence-corrected chi connectivity index (χ1v) is 10.5. The second kappa shape index (κ2) is 7.94. The van der Waals surface area contributed by atoms with E-state index in [0.717, 1.165) is 30.4 Å². The number of ether oxygens (including phenoxy) is 1. The number of aliphatic hydroxyl groups is 1. The number of rotatable bonds is 6. The van der Waals surface area contributed by atoms with E-state index in [1.807, 2.05) is 18.2 Å². The van der Waals surface area contributed by atoms with Crippen LogP contribution < -0.4 is 15.0 Å². The van der Waals surface area contributed by atoms with Gasteiger partial charge in [-0.25, -0.2) is 0 Å². The van der Waals surface area contributed by atoms with Crippen molar-refractivity contribution in [3.05, 3.63) is 58.6 Å². The van der Waals surface area contributed by atoms with Crippen molar-refractivity contribution in [1.29, 1.82) is 0 Å².